The van der Waals surface area contributed by atoms with Gasteiger partial charge in [0.15, 0.2) is 5.82 Å². The second-order valence-corrected chi connectivity index (χ2v) is 4.11. The lowest BCUT2D eigenvalue weighted by atomic mass is 10.1. The maximum atomic E-state index is 4.47. The largest absolute Gasteiger partial charge is 0.252 e. The molecular weight excluding hydrogens is 210 g/mol. The Labute approximate surface area is 101 Å². The molecule has 0 saturated carbocycles. The summed E-state index contributed by atoms with van der Waals surface area (Å²) in [6, 6.07) is 6.05. The van der Waals surface area contributed by atoms with Gasteiger partial charge in [-0.25, -0.2) is 9.97 Å². The van der Waals surface area contributed by atoms with E-state index < -0.39 is 0 Å². The third-order valence-corrected chi connectivity index (χ3v) is 2.53. The number of aliphatic imine (C=N–C) groups is 1. The molecule has 3 nitrogen and oxygen atoms in total. The van der Waals surface area contributed by atoms with Gasteiger partial charge in [-0.2, -0.15) is 0 Å². The highest BCUT2D eigenvalue weighted by atomic mass is 14.9. The van der Waals surface area contributed by atoms with E-state index in [1.807, 2.05) is 0 Å². The van der Waals surface area contributed by atoms with Gasteiger partial charge >= 0.3 is 0 Å². The smallest absolute Gasteiger partial charge is 0.170 e. The first-order chi connectivity index (χ1) is 8.16. The third kappa shape index (κ3) is 2.75. The highest BCUT2D eigenvalue weighted by molar-refractivity contribution is 5.78. The molecule has 0 radical (unpaired) electrons. The van der Waals surface area contributed by atoms with Crippen molar-refractivity contribution in [3.63, 3.8) is 0 Å². The van der Waals surface area contributed by atoms with Crippen LogP contribution in [0.1, 0.15) is 22.5 Å². The molecule has 0 atom stereocenters. The highest BCUT2D eigenvalue weighted by Gasteiger charge is 2.01. The Hall–Kier alpha value is -2.03. The average molecular weight is 225 g/mol. The van der Waals surface area contributed by atoms with E-state index in [1.54, 1.807) is 24.7 Å². The second kappa shape index (κ2) is 4.87. The molecule has 1 aromatic heterocycles. The van der Waals surface area contributed by atoms with Crippen LogP contribution in [0.2, 0.25) is 0 Å². The van der Waals surface area contributed by atoms with Gasteiger partial charge in [0.05, 0.1) is 11.9 Å². The van der Waals surface area contributed by atoms with Crippen LogP contribution in [0.5, 0.6) is 0 Å². The lowest BCUT2D eigenvalue weighted by molar-refractivity contribution is 1.14. The number of hydrogen-bond donors (Lipinski definition) is 0. The SMILES string of the molecule is Cc1cc(C)c(/N=C/c2ncccn2)c(C)c1. The standard InChI is InChI=1S/C14H15N3/c1-10-7-11(2)14(12(3)8-10)17-9-13-15-5-4-6-16-13/h4-9H,1-3H3/b17-9+. The summed E-state index contributed by atoms with van der Waals surface area (Å²) in [5, 5.41) is 0. The Balaban J connectivity index is 2.34. The van der Waals surface area contributed by atoms with Crippen molar-refractivity contribution in [2.45, 2.75) is 20.8 Å². The lowest BCUT2D eigenvalue weighted by Gasteiger charge is -2.05. The second-order valence-electron chi connectivity index (χ2n) is 4.11. The molecule has 3 heteroatoms. The van der Waals surface area contributed by atoms with E-state index in [0.717, 1.165) is 5.69 Å². The summed E-state index contributed by atoms with van der Waals surface area (Å²) in [6.45, 7) is 6.23. The zero-order valence-electron chi connectivity index (χ0n) is 10.3. The Kier molecular flexibility index (Phi) is 3.28. The van der Waals surface area contributed by atoms with Gasteiger partial charge in [-0.1, -0.05) is 17.7 Å². The molecule has 0 spiro atoms. The van der Waals surface area contributed by atoms with E-state index in [9.17, 15) is 0 Å². The van der Waals surface area contributed by atoms with Crippen molar-refractivity contribution in [2.24, 2.45) is 4.99 Å². The van der Waals surface area contributed by atoms with E-state index in [1.165, 1.54) is 16.7 Å². The number of hydrogen-bond acceptors (Lipinski definition) is 3. The first-order valence-corrected chi connectivity index (χ1v) is 5.56. The molecule has 0 aliphatic heterocycles. The number of benzene rings is 1. The van der Waals surface area contributed by atoms with Crippen molar-refractivity contribution >= 4 is 11.9 Å². The normalized spacial score (nSPS) is 11.0. The molecule has 2 aromatic rings. The van der Waals surface area contributed by atoms with Crippen molar-refractivity contribution in [1.82, 2.24) is 9.97 Å². The fourth-order valence-electron chi connectivity index (χ4n) is 1.88. The molecule has 0 unspecified atom stereocenters. The van der Waals surface area contributed by atoms with E-state index >= 15 is 0 Å². The third-order valence-electron chi connectivity index (χ3n) is 2.53. The zero-order chi connectivity index (χ0) is 12.3. The summed E-state index contributed by atoms with van der Waals surface area (Å²) in [7, 11) is 0. The van der Waals surface area contributed by atoms with Crippen LogP contribution >= 0.6 is 0 Å². The number of aryl methyl sites for hydroxylation is 3. The van der Waals surface area contributed by atoms with Crippen LogP contribution < -0.4 is 0 Å². The summed E-state index contributed by atoms with van der Waals surface area (Å²) >= 11 is 0. The molecular formula is C14H15N3. The fourth-order valence-corrected chi connectivity index (χ4v) is 1.88. The lowest BCUT2D eigenvalue weighted by Crippen LogP contribution is -1.91. The Morgan fingerprint density at radius 2 is 1.59 bits per heavy atom. The molecule has 0 aliphatic carbocycles. The minimum Gasteiger partial charge on any atom is -0.252 e. The van der Waals surface area contributed by atoms with Crippen LogP contribution in [0.15, 0.2) is 35.6 Å². The van der Waals surface area contributed by atoms with E-state index in [4.69, 9.17) is 0 Å². The first kappa shape index (κ1) is 11.5. The molecule has 1 aromatic carbocycles. The monoisotopic (exact) mass is 225 g/mol. The first-order valence-electron chi connectivity index (χ1n) is 5.56. The molecule has 0 fully saturated rings. The van der Waals surface area contributed by atoms with Crippen molar-refractivity contribution < 1.29 is 0 Å². The molecule has 0 N–H and O–H groups in total. The molecule has 0 bridgehead atoms. The summed E-state index contributed by atoms with van der Waals surface area (Å²) in [5.41, 5.74) is 4.61. The van der Waals surface area contributed by atoms with Crippen LogP contribution in [0.3, 0.4) is 0 Å². The van der Waals surface area contributed by atoms with Crippen molar-refractivity contribution in [3.8, 4) is 0 Å². The van der Waals surface area contributed by atoms with Crippen LogP contribution in [0.4, 0.5) is 5.69 Å². The molecule has 0 saturated heterocycles. The Bertz CT molecular complexity index is 522. The Morgan fingerprint density at radius 1 is 1.00 bits per heavy atom. The van der Waals surface area contributed by atoms with Gasteiger partial charge in [0, 0.05) is 12.4 Å². The van der Waals surface area contributed by atoms with Crippen molar-refractivity contribution in [2.75, 3.05) is 0 Å². The highest BCUT2D eigenvalue weighted by Crippen LogP contribution is 2.24. The van der Waals surface area contributed by atoms with Gasteiger partial charge < -0.3 is 0 Å². The van der Waals surface area contributed by atoms with Gasteiger partial charge in [-0.15, -0.1) is 0 Å². The molecule has 1 heterocycles. The number of aromatic nitrogens is 2. The molecule has 0 amide bonds. The predicted octanol–water partition coefficient (Wildman–Crippen LogP) is 3.15. The van der Waals surface area contributed by atoms with Crippen LogP contribution in [0.25, 0.3) is 0 Å². The quantitative estimate of drug-likeness (QED) is 0.736. The number of nitrogens with zero attached hydrogens (tertiary/aromatic N) is 3. The minimum absolute atomic E-state index is 0.631. The van der Waals surface area contributed by atoms with Crippen LogP contribution in [-0.2, 0) is 0 Å². The summed E-state index contributed by atoms with van der Waals surface area (Å²) in [4.78, 5) is 12.7. The predicted molar refractivity (Wildman–Crippen MR) is 69.9 cm³/mol. The van der Waals surface area contributed by atoms with Crippen molar-refractivity contribution in [1.29, 1.82) is 0 Å². The van der Waals surface area contributed by atoms with Gasteiger partial charge in [-0.3, -0.25) is 4.99 Å². The van der Waals surface area contributed by atoms with Crippen molar-refractivity contribution in [3.05, 3.63) is 53.1 Å². The van der Waals surface area contributed by atoms with Crippen LogP contribution in [0, 0.1) is 20.8 Å². The number of rotatable bonds is 2. The van der Waals surface area contributed by atoms with Gasteiger partial charge in [0.1, 0.15) is 0 Å². The van der Waals surface area contributed by atoms with E-state index in [2.05, 4.69) is 47.9 Å². The maximum absolute atomic E-state index is 4.47. The maximum Gasteiger partial charge on any atom is 0.170 e. The fraction of sp³-hybridized carbons (Fsp3) is 0.214. The van der Waals surface area contributed by atoms with Crippen LogP contribution in [-0.4, -0.2) is 16.2 Å². The van der Waals surface area contributed by atoms with Gasteiger partial charge in [0.25, 0.3) is 0 Å². The molecule has 86 valence electrons. The summed E-state index contributed by atoms with van der Waals surface area (Å²) in [5.74, 6) is 0.631. The molecule has 0 aliphatic rings. The average Bonchev–Trinajstić information content (AvgIpc) is 2.29. The summed E-state index contributed by atoms with van der Waals surface area (Å²) in [6.07, 6.45) is 5.12. The van der Waals surface area contributed by atoms with E-state index in [-0.39, 0.29) is 0 Å². The Morgan fingerprint density at radius 3 is 2.18 bits per heavy atom. The topological polar surface area (TPSA) is 38.1 Å². The molecule has 2 rings (SSSR count). The minimum atomic E-state index is 0.631. The zero-order valence-corrected chi connectivity index (χ0v) is 10.3. The molecule has 17 heavy (non-hydrogen) atoms. The van der Waals surface area contributed by atoms with E-state index in [0.29, 0.717) is 5.82 Å². The van der Waals surface area contributed by atoms with Gasteiger partial charge in [0.2, 0.25) is 0 Å². The van der Waals surface area contributed by atoms with Gasteiger partial charge in [-0.05, 0) is 38.0 Å². The summed E-state index contributed by atoms with van der Waals surface area (Å²) < 4.78 is 0.